The second-order valence-corrected chi connectivity index (χ2v) is 6.66. The minimum atomic E-state index is -1.05. The van der Waals surface area contributed by atoms with Crippen LogP contribution in [0.5, 0.6) is 5.75 Å². The summed E-state index contributed by atoms with van der Waals surface area (Å²) >= 11 is 1.21. The second-order valence-electron chi connectivity index (χ2n) is 5.73. The van der Waals surface area contributed by atoms with Gasteiger partial charge in [0.25, 0.3) is 5.91 Å². The first-order valence-electron chi connectivity index (χ1n) is 8.92. The summed E-state index contributed by atoms with van der Waals surface area (Å²) in [7, 11) is 0. The third kappa shape index (κ3) is 8.34. The van der Waals surface area contributed by atoms with Crippen molar-refractivity contribution in [3.8, 4) is 5.75 Å². The summed E-state index contributed by atoms with van der Waals surface area (Å²) in [6, 6.07) is 7.42. The number of benzene rings is 1. The fourth-order valence-electron chi connectivity index (χ4n) is 2.12. The number of nitrogens with zero attached hydrogens (tertiary/aromatic N) is 2. The van der Waals surface area contributed by atoms with Crippen LogP contribution in [0.4, 0.5) is 5.95 Å². The van der Waals surface area contributed by atoms with Crippen LogP contribution in [0.25, 0.3) is 0 Å². The molecule has 29 heavy (non-hydrogen) atoms. The van der Waals surface area contributed by atoms with Crippen LogP contribution in [0.3, 0.4) is 0 Å². The van der Waals surface area contributed by atoms with Crippen molar-refractivity contribution in [1.29, 1.82) is 0 Å². The number of hydrogen-bond donors (Lipinski definition) is 5. The number of aromatic nitrogens is 2. The highest BCUT2D eigenvalue weighted by molar-refractivity contribution is 7.97. The lowest BCUT2D eigenvalue weighted by molar-refractivity contribution is -0.138. The molecule has 156 valence electrons. The summed E-state index contributed by atoms with van der Waals surface area (Å²) in [5, 5.41) is 14.8. The topological polar surface area (TPSA) is 151 Å². The van der Waals surface area contributed by atoms with E-state index in [0.29, 0.717) is 42.7 Å². The van der Waals surface area contributed by atoms with E-state index in [1.54, 1.807) is 42.7 Å². The molecule has 0 bridgehead atoms. The first-order chi connectivity index (χ1) is 14.1. The maximum atomic E-state index is 12.2. The lowest BCUT2D eigenvalue weighted by Crippen LogP contribution is -2.43. The summed E-state index contributed by atoms with van der Waals surface area (Å²) in [6.45, 7) is 1.31. The Hall–Kier alpha value is -2.89. The smallest absolute Gasteiger partial charge is 0.323 e. The van der Waals surface area contributed by atoms with Gasteiger partial charge in [-0.2, -0.15) is 0 Å². The van der Waals surface area contributed by atoms with Crippen molar-refractivity contribution in [2.75, 3.05) is 37.3 Å². The standard InChI is InChI=1S/C18H24N6O4S/c19-6-11-29-24-15(17(26)27)12-23-16(25)13-2-4-14(5-3-13)28-10-9-22-18-20-7-1-8-21-18/h1-5,7-8,15,24H,6,9-12,19H2,(H,23,25)(H,26,27)(H,20,21,22)/t15-/m0/s1. The molecule has 0 radical (unpaired) electrons. The summed E-state index contributed by atoms with van der Waals surface area (Å²) in [6.07, 6.45) is 3.29. The molecular formula is C18H24N6O4S. The van der Waals surface area contributed by atoms with E-state index in [9.17, 15) is 14.7 Å². The number of carbonyl (C=O) groups excluding carboxylic acids is 1. The lowest BCUT2D eigenvalue weighted by atomic mass is 10.2. The largest absolute Gasteiger partial charge is 0.492 e. The van der Waals surface area contributed by atoms with E-state index in [4.69, 9.17) is 10.5 Å². The molecular weight excluding hydrogens is 396 g/mol. The molecule has 0 aliphatic heterocycles. The van der Waals surface area contributed by atoms with E-state index >= 15 is 0 Å². The van der Waals surface area contributed by atoms with Crippen molar-refractivity contribution in [2.24, 2.45) is 5.73 Å². The molecule has 1 atom stereocenters. The van der Waals surface area contributed by atoms with E-state index in [1.807, 2.05) is 0 Å². The van der Waals surface area contributed by atoms with Crippen molar-refractivity contribution >= 4 is 29.8 Å². The Labute approximate surface area is 172 Å². The second kappa shape index (κ2) is 12.5. The molecule has 1 amide bonds. The molecule has 1 aromatic carbocycles. The maximum Gasteiger partial charge on any atom is 0.323 e. The monoisotopic (exact) mass is 420 g/mol. The highest BCUT2D eigenvalue weighted by Gasteiger charge is 2.18. The van der Waals surface area contributed by atoms with Crippen molar-refractivity contribution in [3.05, 3.63) is 48.3 Å². The molecule has 0 aliphatic carbocycles. The van der Waals surface area contributed by atoms with E-state index < -0.39 is 12.0 Å². The molecule has 11 heteroatoms. The normalized spacial score (nSPS) is 11.5. The highest BCUT2D eigenvalue weighted by Crippen LogP contribution is 2.12. The summed E-state index contributed by atoms with van der Waals surface area (Å²) < 4.78 is 8.36. The first kappa shape index (κ1) is 22.4. The zero-order valence-corrected chi connectivity index (χ0v) is 16.5. The molecule has 2 rings (SSSR count). The molecule has 0 unspecified atom stereocenters. The number of rotatable bonds is 13. The maximum absolute atomic E-state index is 12.2. The Morgan fingerprint density at radius 2 is 1.93 bits per heavy atom. The van der Waals surface area contributed by atoms with E-state index in [0.717, 1.165) is 0 Å². The van der Waals surface area contributed by atoms with Gasteiger partial charge in [-0.1, -0.05) is 11.9 Å². The Morgan fingerprint density at radius 1 is 1.21 bits per heavy atom. The van der Waals surface area contributed by atoms with Gasteiger partial charge in [-0.05, 0) is 30.3 Å². The first-order valence-corrected chi connectivity index (χ1v) is 9.91. The number of aliphatic carboxylic acids is 1. The molecule has 1 aromatic heterocycles. The predicted octanol–water partition coefficient (Wildman–Crippen LogP) is 0.347. The molecule has 0 spiro atoms. The van der Waals surface area contributed by atoms with Gasteiger partial charge in [-0.15, -0.1) is 0 Å². The van der Waals surface area contributed by atoms with Gasteiger partial charge in [0.15, 0.2) is 0 Å². The third-order valence-electron chi connectivity index (χ3n) is 3.55. The van der Waals surface area contributed by atoms with E-state index in [1.165, 1.54) is 11.9 Å². The number of carboxylic acid groups (broad SMARTS) is 1. The molecule has 0 saturated carbocycles. The van der Waals surface area contributed by atoms with Gasteiger partial charge in [0, 0.05) is 36.8 Å². The van der Waals surface area contributed by atoms with Crippen LogP contribution >= 0.6 is 11.9 Å². The third-order valence-corrected chi connectivity index (χ3v) is 4.44. The number of carboxylic acids is 1. The van der Waals surface area contributed by atoms with Gasteiger partial charge in [-0.3, -0.25) is 9.59 Å². The molecule has 2 aromatic rings. The molecule has 0 fully saturated rings. The number of amides is 1. The van der Waals surface area contributed by atoms with Crippen molar-refractivity contribution < 1.29 is 19.4 Å². The van der Waals surface area contributed by atoms with E-state index in [-0.39, 0.29) is 12.5 Å². The highest BCUT2D eigenvalue weighted by atomic mass is 32.2. The fourth-order valence-corrected chi connectivity index (χ4v) is 2.74. The Bertz CT molecular complexity index is 763. The van der Waals surface area contributed by atoms with E-state index in [2.05, 4.69) is 25.3 Å². The van der Waals surface area contributed by atoms with Gasteiger partial charge < -0.3 is 26.2 Å². The van der Waals surface area contributed by atoms with Gasteiger partial charge in [0.05, 0.1) is 6.54 Å². The lowest BCUT2D eigenvalue weighted by Gasteiger charge is -2.14. The average Bonchev–Trinajstić information content (AvgIpc) is 2.74. The van der Waals surface area contributed by atoms with Crippen LogP contribution in [0, 0.1) is 0 Å². The number of ether oxygens (including phenoxy) is 1. The van der Waals surface area contributed by atoms with Crippen LogP contribution in [0.2, 0.25) is 0 Å². The number of nitrogens with one attached hydrogen (secondary N) is 3. The van der Waals surface area contributed by atoms with Crippen LogP contribution in [-0.4, -0.2) is 65.0 Å². The predicted molar refractivity (Wildman–Crippen MR) is 111 cm³/mol. The molecule has 1 heterocycles. The number of nitrogens with two attached hydrogens (primary N) is 1. The average molecular weight is 420 g/mol. The van der Waals surface area contributed by atoms with Gasteiger partial charge in [-0.25, -0.2) is 14.7 Å². The van der Waals surface area contributed by atoms with Crippen LogP contribution in [0.1, 0.15) is 10.4 Å². The zero-order valence-electron chi connectivity index (χ0n) is 15.7. The quantitative estimate of drug-likeness (QED) is 0.227. The SMILES string of the molecule is NCCSN[C@@H](CNC(=O)c1ccc(OCCNc2ncccn2)cc1)C(=O)O. The Morgan fingerprint density at radius 3 is 2.59 bits per heavy atom. The fraction of sp³-hybridized carbons (Fsp3) is 0.333. The summed E-state index contributed by atoms with van der Waals surface area (Å²) in [5.41, 5.74) is 5.78. The number of anilines is 1. The van der Waals surface area contributed by atoms with Crippen molar-refractivity contribution in [1.82, 2.24) is 20.0 Å². The zero-order chi connectivity index (χ0) is 20.9. The summed E-state index contributed by atoms with van der Waals surface area (Å²) in [4.78, 5) is 31.5. The minimum Gasteiger partial charge on any atom is -0.492 e. The molecule has 6 N–H and O–H groups in total. The number of hydrogen-bond acceptors (Lipinski definition) is 9. The molecule has 10 nitrogen and oxygen atoms in total. The van der Waals surface area contributed by atoms with Crippen molar-refractivity contribution in [2.45, 2.75) is 6.04 Å². The number of carbonyl (C=O) groups is 2. The van der Waals surface area contributed by atoms with Crippen molar-refractivity contribution in [3.63, 3.8) is 0 Å². The van der Waals surface area contributed by atoms with Gasteiger partial charge in [0.1, 0.15) is 18.4 Å². The van der Waals surface area contributed by atoms with Crippen LogP contribution < -0.4 is 25.8 Å². The molecule has 0 saturated heterocycles. The van der Waals surface area contributed by atoms with Gasteiger partial charge >= 0.3 is 5.97 Å². The Kier molecular flexibility index (Phi) is 9.69. The van der Waals surface area contributed by atoms with Gasteiger partial charge in [0.2, 0.25) is 5.95 Å². The summed E-state index contributed by atoms with van der Waals surface area (Å²) in [5.74, 6) is 0.302. The Balaban J connectivity index is 1.73. The van der Waals surface area contributed by atoms with Crippen LogP contribution in [0.15, 0.2) is 42.7 Å². The minimum absolute atomic E-state index is 0.0444. The molecule has 0 aliphatic rings. The van der Waals surface area contributed by atoms with Crippen LogP contribution in [-0.2, 0) is 4.79 Å².